The molecule has 24 heavy (non-hydrogen) atoms. The average Bonchev–Trinajstić information content (AvgIpc) is 2.86. The van der Waals surface area contributed by atoms with E-state index in [4.69, 9.17) is 11.6 Å². The number of rotatable bonds is 4. The van der Waals surface area contributed by atoms with Crippen LogP contribution in [0.5, 0.6) is 0 Å². The topological polar surface area (TPSA) is 46.9 Å². The molecule has 0 saturated heterocycles. The molecule has 1 aromatic carbocycles. The van der Waals surface area contributed by atoms with Gasteiger partial charge < -0.3 is 9.88 Å². The first-order chi connectivity index (χ1) is 11.5. The molecule has 0 radical (unpaired) electrons. The van der Waals surface area contributed by atoms with Crippen molar-refractivity contribution in [2.75, 3.05) is 5.32 Å². The summed E-state index contributed by atoms with van der Waals surface area (Å²) < 4.78 is 2.10. The summed E-state index contributed by atoms with van der Waals surface area (Å²) >= 11 is 5.87. The van der Waals surface area contributed by atoms with Gasteiger partial charge in [-0.05, 0) is 56.3 Å². The second kappa shape index (κ2) is 6.89. The van der Waals surface area contributed by atoms with Gasteiger partial charge in [0.2, 0.25) is 0 Å². The smallest absolute Gasteiger partial charge is 0.257 e. The van der Waals surface area contributed by atoms with E-state index in [2.05, 4.69) is 14.9 Å². The molecule has 1 amide bonds. The molecule has 2 aromatic heterocycles. The summed E-state index contributed by atoms with van der Waals surface area (Å²) in [5.41, 5.74) is 4.30. The number of halogens is 1. The lowest BCUT2D eigenvalue weighted by Gasteiger charge is -2.09. The van der Waals surface area contributed by atoms with Crippen LogP contribution >= 0.6 is 11.6 Å². The van der Waals surface area contributed by atoms with Crippen LogP contribution in [0.1, 0.15) is 27.4 Å². The van der Waals surface area contributed by atoms with Crippen LogP contribution in [-0.4, -0.2) is 15.5 Å². The van der Waals surface area contributed by atoms with E-state index in [1.54, 1.807) is 30.5 Å². The second-order valence-electron chi connectivity index (χ2n) is 5.65. The van der Waals surface area contributed by atoms with Gasteiger partial charge in [0.15, 0.2) is 0 Å². The van der Waals surface area contributed by atoms with Gasteiger partial charge >= 0.3 is 0 Å². The fraction of sp³-hybridized carbons (Fsp3) is 0.158. The molecule has 1 N–H and O–H groups in total. The molecule has 0 bridgehead atoms. The molecule has 0 fully saturated rings. The van der Waals surface area contributed by atoms with E-state index in [0.29, 0.717) is 17.1 Å². The minimum Gasteiger partial charge on any atom is -0.342 e. The van der Waals surface area contributed by atoms with E-state index in [0.717, 1.165) is 22.8 Å². The number of aromatic nitrogens is 2. The molecule has 3 aromatic rings. The normalized spacial score (nSPS) is 10.6. The van der Waals surface area contributed by atoms with Crippen LogP contribution in [0.25, 0.3) is 0 Å². The van der Waals surface area contributed by atoms with Crippen LogP contribution in [0.4, 0.5) is 5.69 Å². The highest BCUT2D eigenvalue weighted by atomic mass is 35.5. The van der Waals surface area contributed by atoms with Gasteiger partial charge in [0.05, 0.1) is 17.8 Å². The highest BCUT2D eigenvalue weighted by molar-refractivity contribution is 6.30. The first-order valence-electron chi connectivity index (χ1n) is 7.68. The quantitative estimate of drug-likeness (QED) is 0.763. The lowest BCUT2D eigenvalue weighted by molar-refractivity contribution is 0.102. The first kappa shape index (κ1) is 16.3. The Labute approximate surface area is 146 Å². The van der Waals surface area contributed by atoms with Crippen molar-refractivity contribution in [3.63, 3.8) is 0 Å². The van der Waals surface area contributed by atoms with Crippen molar-refractivity contribution >= 4 is 23.2 Å². The summed E-state index contributed by atoms with van der Waals surface area (Å²) in [5.74, 6) is -0.127. The molecule has 0 aliphatic carbocycles. The molecule has 0 aliphatic rings. The lowest BCUT2D eigenvalue weighted by Crippen LogP contribution is -2.13. The number of carbonyl (C=O) groups is 1. The summed E-state index contributed by atoms with van der Waals surface area (Å²) in [4.78, 5) is 16.9. The van der Waals surface area contributed by atoms with Gasteiger partial charge in [0.1, 0.15) is 0 Å². The largest absolute Gasteiger partial charge is 0.342 e. The van der Waals surface area contributed by atoms with E-state index in [-0.39, 0.29) is 5.91 Å². The molecule has 2 heterocycles. The molecular formula is C19H18ClN3O. The zero-order chi connectivity index (χ0) is 17.1. The molecule has 4 nitrogen and oxygen atoms in total. The minimum absolute atomic E-state index is 0.127. The van der Waals surface area contributed by atoms with Crippen molar-refractivity contribution < 1.29 is 4.79 Å². The van der Waals surface area contributed by atoms with E-state index in [9.17, 15) is 4.79 Å². The van der Waals surface area contributed by atoms with Gasteiger partial charge in [-0.1, -0.05) is 17.7 Å². The second-order valence-corrected chi connectivity index (χ2v) is 6.09. The van der Waals surface area contributed by atoms with Crippen molar-refractivity contribution in [3.8, 4) is 0 Å². The Morgan fingerprint density at radius 1 is 1.17 bits per heavy atom. The van der Waals surface area contributed by atoms with E-state index in [1.165, 1.54) is 0 Å². The van der Waals surface area contributed by atoms with Crippen LogP contribution in [0.15, 0.2) is 54.7 Å². The van der Waals surface area contributed by atoms with Crippen molar-refractivity contribution in [2.24, 2.45) is 0 Å². The fourth-order valence-electron chi connectivity index (χ4n) is 2.66. The van der Waals surface area contributed by atoms with E-state index in [1.807, 2.05) is 38.1 Å². The summed E-state index contributed by atoms with van der Waals surface area (Å²) in [6.45, 7) is 4.59. The third kappa shape index (κ3) is 3.49. The maximum absolute atomic E-state index is 12.6. The fourth-order valence-corrected chi connectivity index (χ4v) is 2.79. The average molecular weight is 340 g/mol. The Hall–Kier alpha value is -2.59. The molecule has 3 rings (SSSR count). The van der Waals surface area contributed by atoms with E-state index >= 15 is 0 Å². The molecule has 5 heteroatoms. The minimum atomic E-state index is -0.127. The highest BCUT2D eigenvalue weighted by Crippen LogP contribution is 2.19. The van der Waals surface area contributed by atoms with Crippen LogP contribution in [0, 0.1) is 13.8 Å². The number of benzene rings is 1. The standard InChI is InChI=1S/C19H18ClN3O/c1-13-11-18(19(24)22-16-8-6-15(20)7-9-16)14(2)23(13)12-17-5-3-4-10-21-17/h3-11H,12H2,1-2H3,(H,22,24). The zero-order valence-corrected chi connectivity index (χ0v) is 14.3. The highest BCUT2D eigenvalue weighted by Gasteiger charge is 2.16. The van der Waals surface area contributed by atoms with Gasteiger partial charge in [-0.15, -0.1) is 0 Å². The van der Waals surface area contributed by atoms with Gasteiger partial charge in [0.25, 0.3) is 5.91 Å². The monoisotopic (exact) mass is 339 g/mol. The molecule has 0 unspecified atom stereocenters. The lowest BCUT2D eigenvalue weighted by atomic mass is 10.2. The summed E-state index contributed by atoms with van der Waals surface area (Å²) in [5, 5.41) is 3.54. The Morgan fingerprint density at radius 2 is 1.92 bits per heavy atom. The molecule has 0 spiro atoms. The predicted molar refractivity (Wildman–Crippen MR) is 96.7 cm³/mol. The van der Waals surface area contributed by atoms with Crippen molar-refractivity contribution in [3.05, 3.63) is 82.4 Å². The van der Waals surface area contributed by atoms with Gasteiger partial charge in [-0.25, -0.2) is 0 Å². The third-order valence-corrected chi connectivity index (χ3v) is 4.22. The number of amides is 1. The zero-order valence-electron chi connectivity index (χ0n) is 13.6. The summed E-state index contributed by atoms with van der Waals surface area (Å²) in [7, 11) is 0. The molecule has 122 valence electrons. The third-order valence-electron chi connectivity index (χ3n) is 3.97. The number of hydrogen-bond donors (Lipinski definition) is 1. The Balaban J connectivity index is 1.82. The number of pyridine rings is 1. The van der Waals surface area contributed by atoms with Crippen LogP contribution in [-0.2, 0) is 6.54 Å². The Kier molecular flexibility index (Phi) is 4.67. The number of nitrogens with zero attached hydrogens (tertiary/aromatic N) is 2. The maximum Gasteiger partial charge on any atom is 0.257 e. The van der Waals surface area contributed by atoms with Crippen LogP contribution < -0.4 is 5.32 Å². The van der Waals surface area contributed by atoms with E-state index < -0.39 is 0 Å². The Morgan fingerprint density at radius 3 is 2.58 bits per heavy atom. The van der Waals surface area contributed by atoms with Gasteiger partial charge in [0, 0.05) is 28.3 Å². The number of aryl methyl sites for hydroxylation is 1. The van der Waals surface area contributed by atoms with Gasteiger partial charge in [-0.2, -0.15) is 0 Å². The maximum atomic E-state index is 12.6. The molecule has 0 aliphatic heterocycles. The Bertz CT molecular complexity index is 854. The number of nitrogens with one attached hydrogen (secondary N) is 1. The SMILES string of the molecule is Cc1cc(C(=O)Nc2ccc(Cl)cc2)c(C)n1Cc1ccccn1. The van der Waals surface area contributed by atoms with Crippen LogP contribution in [0.3, 0.4) is 0 Å². The first-order valence-corrected chi connectivity index (χ1v) is 8.06. The summed E-state index contributed by atoms with van der Waals surface area (Å²) in [6.07, 6.45) is 1.78. The molecule has 0 atom stereocenters. The number of anilines is 1. The van der Waals surface area contributed by atoms with Crippen molar-refractivity contribution in [1.29, 1.82) is 0 Å². The predicted octanol–water partition coefficient (Wildman–Crippen LogP) is 4.45. The van der Waals surface area contributed by atoms with Crippen molar-refractivity contribution in [2.45, 2.75) is 20.4 Å². The summed E-state index contributed by atoms with van der Waals surface area (Å²) in [6, 6.07) is 14.8. The number of hydrogen-bond acceptors (Lipinski definition) is 2. The molecular weight excluding hydrogens is 322 g/mol. The number of carbonyl (C=O) groups excluding carboxylic acids is 1. The van der Waals surface area contributed by atoms with Crippen molar-refractivity contribution in [1.82, 2.24) is 9.55 Å². The van der Waals surface area contributed by atoms with Gasteiger partial charge in [-0.3, -0.25) is 9.78 Å². The molecule has 0 saturated carbocycles. The van der Waals surface area contributed by atoms with Crippen LogP contribution in [0.2, 0.25) is 5.02 Å².